The van der Waals surface area contributed by atoms with Gasteiger partial charge in [0.15, 0.2) is 0 Å². The first kappa shape index (κ1) is 12.6. The van der Waals surface area contributed by atoms with E-state index in [0.29, 0.717) is 23.3 Å². The maximum atomic E-state index is 5.99. The van der Waals surface area contributed by atoms with Crippen molar-refractivity contribution in [3.63, 3.8) is 0 Å². The van der Waals surface area contributed by atoms with Crippen LogP contribution < -0.4 is 10.5 Å². The number of nitrogen functional groups attached to an aromatic ring is 1. The number of halogens is 1. The van der Waals surface area contributed by atoms with E-state index in [1.807, 2.05) is 25.2 Å². The molecule has 0 radical (unpaired) electrons. The van der Waals surface area contributed by atoms with Crippen LogP contribution in [-0.2, 0) is 0 Å². The molecule has 0 atom stereocenters. The van der Waals surface area contributed by atoms with E-state index >= 15 is 0 Å². The predicted molar refractivity (Wildman–Crippen MR) is 72.5 cm³/mol. The highest BCUT2D eigenvalue weighted by Gasteiger charge is 2.06. The van der Waals surface area contributed by atoms with Crippen molar-refractivity contribution in [2.24, 2.45) is 0 Å². The summed E-state index contributed by atoms with van der Waals surface area (Å²) in [4.78, 5) is 7.95. The normalized spacial score (nSPS) is 14.8. The highest BCUT2D eigenvalue weighted by atomic mass is 35.5. The van der Waals surface area contributed by atoms with Gasteiger partial charge in [-0.25, -0.2) is 9.97 Å². The number of hydrogen-bond donors (Lipinski definition) is 1. The van der Waals surface area contributed by atoms with E-state index < -0.39 is 0 Å². The van der Waals surface area contributed by atoms with Crippen LogP contribution in [0.15, 0.2) is 41.2 Å². The smallest absolute Gasteiger partial charge is 0.221 e. The zero-order chi connectivity index (χ0) is 13.0. The highest BCUT2D eigenvalue weighted by Crippen LogP contribution is 2.20. The molecule has 1 aromatic rings. The third kappa shape index (κ3) is 3.11. The predicted octanol–water partition coefficient (Wildman–Crippen LogP) is 2.76. The molecule has 18 heavy (non-hydrogen) atoms. The van der Waals surface area contributed by atoms with E-state index in [0.717, 1.165) is 17.6 Å². The third-order valence-corrected chi connectivity index (χ3v) is 2.80. The average molecular weight is 264 g/mol. The van der Waals surface area contributed by atoms with Crippen molar-refractivity contribution in [2.75, 3.05) is 12.3 Å². The number of aromatic nitrogens is 2. The Bertz CT molecular complexity index is 535. The van der Waals surface area contributed by atoms with Gasteiger partial charge in [-0.15, -0.1) is 0 Å². The monoisotopic (exact) mass is 263 g/mol. The molecule has 0 unspecified atom stereocenters. The molecule has 0 bridgehead atoms. The third-order valence-electron chi connectivity index (χ3n) is 2.57. The number of ether oxygens (including phenoxy) is 1. The zero-order valence-electron chi connectivity index (χ0n) is 10.1. The minimum Gasteiger partial charge on any atom is -0.472 e. The van der Waals surface area contributed by atoms with E-state index in [-0.39, 0.29) is 0 Å². The molecule has 1 aromatic heterocycles. The van der Waals surface area contributed by atoms with Crippen LogP contribution in [0, 0.1) is 6.92 Å². The first-order chi connectivity index (χ1) is 8.66. The number of allylic oxidation sites excluding steroid dienone is 4. The van der Waals surface area contributed by atoms with Crippen molar-refractivity contribution in [3.05, 3.63) is 46.8 Å². The Morgan fingerprint density at radius 2 is 2.28 bits per heavy atom. The minimum absolute atomic E-state index is 0.412. The largest absolute Gasteiger partial charge is 0.472 e. The molecular weight excluding hydrogens is 250 g/mol. The molecule has 0 saturated heterocycles. The lowest BCUT2D eigenvalue weighted by Crippen LogP contribution is -2.05. The first-order valence-electron chi connectivity index (χ1n) is 5.59. The van der Waals surface area contributed by atoms with Crippen molar-refractivity contribution in [2.45, 2.75) is 13.3 Å². The van der Waals surface area contributed by atoms with Gasteiger partial charge in [-0.2, -0.15) is 0 Å². The minimum atomic E-state index is 0.412. The second-order valence-corrected chi connectivity index (χ2v) is 4.36. The molecule has 2 N–H and O–H groups in total. The molecule has 4 nitrogen and oxygen atoms in total. The van der Waals surface area contributed by atoms with Gasteiger partial charge >= 0.3 is 0 Å². The van der Waals surface area contributed by atoms with Gasteiger partial charge in [-0.1, -0.05) is 23.8 Å². The number of hydrogen-bond acceptors (Lipinski definition) is 4. The molecule has 5 heteroatoms. The van der Waals surface area contributed by atoms with Crippen LogP contribution in [0.25, 0.3) is 0 Å². The molecule has 0 spiro atoms. The van der Waals surface area contributed by atoms with Crippen LogP contribution in [0.2, 0.25) is 0 Å². The SMILES string of the molecule is Cc1c(N)ncnc1OCC1=CCC=CC(Cl)=C1. The van der Waals surface area contributed by atoms with Crippen LogP contribution in [0.5, 0.6) is 5.88 Å². The molecule has 1 heterocycles. The molecule has 0 saturated carbocycles. The van der Waals surface area contributed by atoms with Crippen molar-refractivity contribution >= 4 is 17.4 Å². The van der Waals surface area contributed by atoms with Gasteiger partial charge in [0.2, 0.25) is 5.88 Å². The number of rotatable bonds is 3. The Hall–Kier alpha value is -1.81. The maximum Gasteiger partial charge on any atom is 0.221 e. The number of nitrogens with zero attached hydrogens (tertiary/aromatic N) is 2. The molecule has 94 valence electrons. The molecule has 0 amide bonds. The van der Waals surface area contributed by atoms with Crippen molar-refractivity contribution < 1.29 is 4.74 Å². The molecule has 2 rings (SSSR count). The summed E-state index contributed by atoms with van der Waals surface area (Å²) in [5.74, 6) is 0.940. The van der Waals surface area contributed by atoms with E-state index in [2.05, 4.69) is 16.0 Å². The summed E-state index contributed by atoms with van der Waals surface area (Å²) in [7, 11) is 0. The number of anilines is 1. The Morgan fingerprint density at radius 1 is 1.44 bits per heavy atom. The Balaban J connectivity index is 2.06. The van der Waals surface area contributed by atoms with Crippen molar-refractivity contribution in [1.29, 1.82) is 0 Å². The fraction of sp³-hybridized carbons (Fsp3) is 0.231. The fourth-order valence-electron chi connectivity index (χ4n) is 1.53. The van der Waals surface area contributed by atoms with Crippen molar-refractivity contribution in [3.8, 4) is 5.88 Å². The van der Waals surface area contributed by atoms with Gasteiger partial charge in [0, 0.05) is 5.03 Å². The van der Waals surface area contributed by atoms with E-state index in [1.54, 1.807) is 0 Å². The van der Waals surface area contributed by atoms with Crippen LogP contribution >= 0.6 is 11.6 Å². The lowest BCUT2D eigenvalue weighted by Gasteiger charge is -2.09. The summed E-state index contributed by atoms with van der Waals surface area (Å²) < 4.78 is 5.63. The maximum absolute atomic E-state index is 5.99. The topological polar surface area (TPSA) is 61.0 Å². The standard InChI is InChI=1S/C13H14ClN3O/c1-9-12(15)16-8-17-13(9)18-7-10-4-2-3-5-11(14)6-10/h3-6,8H,2,7H2,1H3,(H2,15,16,17). The van der Waals surface area contributed by atoms with Crippen molar-refractivity contribution in [1.82, 2.24) is 9.97 Å². The summed E-state index contributed by atoms with van der Waals surface area (Å²) in [6.45, 7) is 2.24. The lowest BCUT2D eigenvalue weighted by molar-refractivity contribution is 0.338. The van der Waals surface area contributed by atoms with Gasteiger partial charge in [0.1, 0.15) is 18.8 Å². The highest BCUT2D eigenvalue weighted by molar-refractivity contribution is 6.31. The summed E-state index contributed by atoms with van der Waals surface area (Å²) in [6, 6.07) is 0. The van der Waals surface area contributed by atoms with Gasteiger partial charge < -0.3 is 10.5 Å². The van der Waals surface area contributed by atoms with Crippen LogP contribution in [0.1, 0.15) is 12.0 Å². The Morgan fingerprint density at radius 3 is 3.11 bits per heavy atom. The van der Waals surface area contributed by atoms with E-state index in [9.17, 15) is 0 Å². The van der Waals surface area contributed by atoms with Gasteiger partial charge in [-0.05, 0) is 31.1 Å². The molecular formula is C13H14ClN3O. The average Bonchev–Trinajstić information content (AvgIpc) is 2.56. The molecule has 0 fully saturated rings. The quantitative estimate of drug-likeness (QED) is 0.911. The fourth-order valence-corrected chi connectivity index (χ4v) is 1.76. The van der Waals surface area contributed by atoms with Crippen LogP contribution in [-0.4, -0.2) is 16.6 Å². The molecule has 0 aliphatic heterocycles. The second kappa shape index (κ2) is 5.69. The van der Waals surface area contributed by atoms with E-state index in [4.69, 9.17) is 22.1 Å². The van der Waals surface area contributed by atoms with Gasteiger partial charge in [0.05, 0.1) is 5.56 Å². The summed E-state index contributed by atoms with van der Waals surface area (Å²) >= 11 is 5.99. The lowest BCUT2D eigenvalue weighted by atomic mass is 10.2. The summed E-state index contributed by atoms with van der Waals surface area (Å²) in [6.07, 6.45) is 10.1. The molecule has 1 aliphatic carbocycles. The van der Waals surface area contributed by atoms with Crippen LogP contribution in [0.3, 0.4) is 0 Å². The molecule has 0 aromatic carbocycles. The Labute approximate surface area is 111 Å². The zero-order valence-corrected chi connectivity index (χ0v) is 10.8. The van der Waals surface area contributed by atoms with E-state index in [1.165, 1.54) is 6.33 Å². The summed E-state index contributed by atoms with van der Waals surface area (Å²) in [5, 5.41) is 0.696. The van der Waals surface area contributed by atoms with Crippen LogP contribution in [0.4, 0.5) is 5.82 Å². The number of nitrogens with two attached hydrogens (primary N) is 1. The van der Waals surface area contributed by atoms with Gasteiger partial charge in [-0.3, -0.25) is 0 Å². The second-order valence-electron chi connectivity index (χ2n) is 3.92. The van der Waals surface area contributed by atoms with Gasteiger partial charge in [0.25, 0.3) is 0 Å². The molecule has 1 aliphatic rings. The Kier molecular flexibility index (Phi) is 3.99. The summed E-state index contributed by atoms with van der Waals surface area (Å²) in [5.41, 5.74) is 7.45. The first-order valence-corrected chi connectivity index (χ1v) is 5.97.